The maximum atomic E-state index is 9.45. The minimum atomic E-state index is 0.0368. The van der Waals surface area contributed by atoms with Crippen LogP contribution in [0, 0.1) is 0 Å². The molecule has 0 bridgehead atoms. The lowest BCUT2D eigenvalue weighted by Crippen LogP contribution is -2.15. The summed E-state index contributed by atoms with van der Waals surface area (Å²) in [6.45, 7) is 10.1. The van der Waals surface area contributed by atoms with Gasteiger partial charge in [-0.2, -0.15) is 0 Å². The number of benzene rings is 1. The Morgan fingerprint density at radius 2 is 1.96 bits per heavy atom. The van der Waals surface area contributed by atoms with Crippen LogP contribution in [-0.2, 0) is 5.41 Å². The van der Waals surface area contributed by atoms with Crippen molar-refractivity contribution in [2.75, 3.05) is 0 Å². The number of allylic oxidation sites excluding steroid dienone is 9. The Labute approximate surface area is 150 Å². The van der Waals surface area contributed by atoms with E-state index in [1.165, 1.54) is 28.3 Å². The van der Waals surface area contributed by atoms with Crippen molar-refractivity contribution in [2.45, 2.75) is 32.6 Å². The lowest BCUT2D eigenvalue weighted by atomic mass is 9.82. The molecule has 0 atom stereocenters. The predicted octanol–water partition coefficient (Wildman–Crippen LogP) is 5.70. The van der Waals surface area contributed by atoms with Gasteiger partial charge >= 0.3 is 0 Å². The van der Waals surface area contributed by atoms with Crippen molar-refractivity contribution >= 4 is 5.57 Å². The van der Waals surface area contributed by atoms with Crippen LogP contribution in [0.1, 0.15) is 38.3 Å². The Kier molecular flexibility index (Phi) is 4.54. The first kappa shape index (κ1) is 17.1. The zero-order chi connectivity index (χ0) is 18.0. The average molecular weight is 331 g/mol. The Balaban J connectivity index is 1.90. The topological polar surface area (TPSA) is 32.3 Å². The van der Waals surface area contributed by atoms with E-state index >= 15 is 0 Å². The Hall–Kier alpha value is -2.74. The third kappa shape index (κ3) is 3.25. The van der Waals surface area contributed by atoms with Gasteiger partial charge in [0.05, 0.1) is 0 Å². The molecule has 0 amide bonds. The lowest BCUT2D eigenvalue weighted by molar-refractivity contribution is 0.433. The normalized spacial score (nSPS) is 19.1. The van der Waals surface area contributed by atoms with Crippen LogP contribution in [0.25, 0.3) is 5.57 Å². The quantitative estimate of drug-likeness (QED) is 0.548. The molecule has 1 aromatic rings. The number of nitrogens with one attached hydrogen (secondary N) is 1. The molecule has 0 aliphatic heterocycles. The molecular formula is C23H25NO. The third-order valence-corrected chi connectivity index (χ3v) is 4.90. The molecule has 2 aliphatic carbocycles. The molecule has 1 aromatic carbocycles. The van der Waals surface area contributed by atoms with Crippen LogP contribution < -0.4 is 5.32 Å². The number of rotatable bonds is 4. The van der Waals surface area contributed by atoms with Crippen molar-refractivity contribution < 1.29 is 5.11 Å². The van der Waals surface area contributed by atoms with E-state index in [0.29, 0.717) is 0 Å². The second-order valence-corrected chi connectivity index (χ2v) is 7.04. The average Bonchev–Trinajstić information content (AvgIpc) is 2.73. The van der Waals surface area contributed by atoms with Gasteiger partial charge in [-0.05, 0) is 53.5 Å². The number of aliphatic hydroxyl groups excluding tert-OH is 1. The Morgan fingerprint density at radius 3 is 2.72 bits per heavy atom. The van der Waals surface area contributed by atoms with Gasteiger partial charge in [0.15, 0.2) is 0 Å². The second-order valence-electron chi connectivity index (χ2n) is 7.04. The van der Waals surface area contributed by atoms with Gasteiger partial charge in [-0.3, -0.25) is 0 Å². The summed E-state index contributed by atoms with van der Waals surface area (Å²) in [6.07, 6.45) is 12.5. The van der Waals surface area contributed by atoms with Crippen molar-refractivity contribution in [2.24, 2.45) is 0 Å². The largest absolute Gasteiger partial charge is 0.508 e. The molecule has 2 heteroatoms. The van der Waals surface area contributed by atoms with E-state index in [0.717, 1.165) is 17.8 Å². The summed E-state index contributed by atoms with van der Waals surface area (Å²) in [5, 5.41) is 12.9. The summed E-state index contributed by atoms with van der Waals surface area (Å²) in [7, 11) is 0. The van der Waals surface area contributed by atoms with Crippen LogP contribution in [0.15, 0.2) is 90.0 Å². The molecule has 2 nitrogen and oxygen atoms in total. The molecule has 0 spiro atoms. The van der Waals surface area contributed by atoms with Gasteiger partial charge in [-0.15, -0.1) is 0 Å². The first-order valence-corrected chi connectivity index (χ1v) is 8.62. The summed E-state index contributed by atoms with van der Waals surface area (Å²) in [4.78, 5) is 0. The van der Waals surface area contributed by atoms with Gasteiger partial charge in [-0.25, -0.2) is 0 Å². The van der Waals surface area contributed by atoms with Gasteiger partial charge in [0, 0.05) is 23.2 Å². The van der Waals surface area contributed by atoms with Crippen molar-refractivity contribution in [3.63, 3.8) is 0 Å². The predicted molar refractivity (Wildman–Crippen MR) is 106 cm³/mol. The highest BCUT2D eigenvalue weighted by atomic mass is 16.3. The maximum Gasteiger partial charge on any atom is 0.115 e. The zero-order valence-electron chi connectivity index (χ0n) is 15.1. The first-order chi connectivity index (χ1) is 11.9. The van der Waals surface area contributed by atoms with Crippen LogP contribution >= 0.6 is 0 Å². The van der Waals surface area contributed by atoms with Crippen molar-refractivity contribution in [1.82, 2.24) is 5.32 Å². The summed E-state index contributed by atoms with van der Waals surface area (Å²) in [5.74, 6) is 0.160. The van der Waals surface area contributed by atoms with Crippen molar-refractivity contribution in [3.05, 3.63) is 101 Å². The number of hydrogen-bond donors (Lipinski definition) is 2. The smallest absolute Gasteiger partial charge is 0.115 e. The highest BCUT2D eigenvalue weighted by molar-refractivity contribution is 5.90. The van der Waals surface area contributed by atoms with Crippen LogP contribution in [0.3, 0.4) is 0 Å². The van der Waals surface area contributed by atoms with Crippen LogP contribution in [0.2, 0.25) is 0 Å². The molecule has 0 unspecified atom stereocenters. The van der Waals surface area contributed by atoms with E-state index in [1.54, 1.807) is 6.08 Å². The van der Waals surface area contributed by atoms with Crippen molar-refractivity contribution in [1.29, 1.82) is 0 Å². The van der Waals surface area contributed by atoms with E-state index in [-0.39, 0.29) is 11.2 Å². The van der Waals surface area contributed by atoms with Crippen molar-refractivity contribution in [3.8, 4) is 0 Å². The minimum absolute atomic E-state index is 0.0368. The fraction of sp³-hybridized carbons (Fsp3) is 0.217. The van der Waals surface area contributed by atoms with Gasteiger partial charge in [0.25, 0.3) is 0 Å². The van der Waals surface area contributed by atoms with Crippen LogP contribution in [0.4, 0.5) is 0 Å². The molecule has 0 radical (unpaired) electrons. The highest BCUT2D eigenvalue weighted by Crippen LogP contribution is 2.50. The molecular weight excluding hydrogens is 306 g/mol. The molecule has 0 saturated heterocycles. The zero-order valence-corrected chi connectivity index (χ0v) is 15.1. The van der Waals surface area contributed by atoms with E-state index in [4.69, 9.17) is 0 Å². The third-order valence-electron chi connectivity index (χ3n) is 4.90. The molecule has 128 valence electrons. The number of fused-ring (bicyclic) bond motifs is 3. The van der Waals surface area contributed by atoms with E-state index in [9.17, 15) is 5.11 Å². The minimum Gasteiger partial charge on any atom is -0.508 e. The van der Waals surface area contributed by atoms with Gasteiger partial charge in [-0.1, -0.05) is 56.8 Å². The van der Waals surface area contributed by atoms with E-state index < -0.39 is 0 Å². The van der Waals surface area contributed by atoms with E-state index in [2.05, 4.69) is 68.2 Å². The molecule has 2 N–H and O–H groups in total. The maximum absolute atomic E-state index is 9.45. The fourth-order valence-corrected chi connectivity index (χ4v) is 3.56. The Morgan fingerprint density at radius 1 is 1.20 bits per heavy atom. The summed E-state index contributed by atoms with van der Waals surface area (Å²) >= 11 is 0. The molecule has 2 aliphatic rings. The van der Waals surface area contributed by atoms with Gasteiger partial charge < -0.3 is 10.4 Å². The molecule has 0 saturated carbocycles. The molecule has 3 rings (SSSR count). The van der Waals surface area contributed by atoms with Gasteiger partial charge in [0.2, 0.25) is 0 Å². The summed E-state index contributed by atoms with van der Waals surface area (Å²) in [6, 6.07) is 8.68. The van der Waals surface area contributed by atoms with Crippen LogP contribution in [-0.4, -0.2) is 5.11 Å². The standard InChI is InChI=1S/C23H25NO/c1-5-18(25)13-10-16(2)24-17-11-14-20-19-8-6-7-9-21(19)23(3,4)22(20)15-12-17/h5-11,13-15,24-25H,1,12H2,2-4H3/b16-10+,18-13+. The first-order valence-electron chi connectivity index (χ1n) is 8.62. The molecule has 0 fully saturated rings. The molecule has 0 aromatic heterocycles. The molecule has 25 heavy (non-hydrogen) atoms. The monoisotopic (exact) mass is 331 g/mol. The highest BCUT2D eigenvalue weighted by Gasteiger charge is 2.37. The lowest BCUT2D eigenvalue weighted by Gasteiger charge is -2.22. The summed E-state index contributed by atoms with van der Waals surface area (Å²) < 4.78 is 0. The molecule has 0 heterocycles. The SMILES string of the molecule is C=C/C(O)=C\C=C(/C)NC1=CC=C2C(=CC1)C(C)(C)c1ccccc12. The number of aliphatic hydroxyl groups is 1. The summed E-state index contributed by atoms with van der Waals surface area (Å²) in [5.41, 5.74) is 7.61. The Bertz CT molecular complexity index is 860. The van der Waals surface area contributed by atoms with Crippen LogP contribution in [0.5, 0.6) is 0 Å². The van der Waals surface area contributed by atoms with E-state index in [1.807, 2.05) is 13.0 Å². The second kappa shape index (κ2) is 6.64. The van der Waals surface area contributed by atoms with Gasteiger partial charge in [0.1, 0.15) is 5.76 Å². The number of hydrogen-bond acceptors (Lipinski definition) is 2. The fourth-order valence-electron chi connectivity index (χ4n) is 3.56.